The van der Waals surface area contributed by atoms with E-state index in [-0.39, 0.29) is 18.2 Å². The zero-order valence-corrected chi connectivity index (χ0v) is 11.4. The van der Waals surface area contributed by atoms with Crippen LogP contribution in [0.5, 0.6) is 0 Å². The van der Waals surface area contributed by atoms with Gasteiger partial charge >= 0.3 is 5.97 Å². The van der Waals surface area contributed by atoms with Gasteiger partial charge in [-0.05, 0) is 19.3 Å². The molecule has 2 aliphatic rings. The van der Waals surface area contributed by atoms with Crippen molar-refractivity contribution < 1.29 is 19.5 Å². The van der Waals surface area contributed by atoms with Gasteiger partial charge in [0.2, 0.25) is 11.8 Å². The Morgan fingerprint density at radius 1 is 1.47 bits per heavy atom. The van der Waals surface area contributed by atoms with Crippen molar-refractivity contribution in [1.82, 2.24) is 4.90 Å². The molecule has 6 heteroatoms. The number of fused-ring (bicyclic) bond motifs is 1. The lowest BCUT2D eigenvalue weighted by Gasteiger charge is -2.22. The monoisotopic (exact) mass is 285 g/mol. The molecule has 0 aromatic rings. The van der Waals surface area contributed by atoms with Gasteiger partial charge in [-0.3, -0.25) is 14.5 Å². The molecule has 0 bridgehead atoms. The maximum Gasteiger partial charge on any atom is 0.326 e. The van der Waals surface area contributed by atoms with Crippen molar-refractivity contribution in [3.63, 3.8) is 0 Å². The summed E-state index contributed by atoms with van der Waals surface area (Å²) in [5, 5.41) is 9.78. The normalized spacial score (nSPS) is 28.1. The second kappa shape index (κ2) is 5.33. The van der Waals surface area contributed by atoms with Crippen LogP contribution in [-0.2, 0) is 14.4 Å². The molecule has 1 aliphatic carbocycles. The smallest absolute Gasteiger partial charge is 0.326 e. The number of likely N-dealkylation sites (tertiary alicyclic amines) is 1. The minimum Gasteiger partial charge on any atom is -0.480 e. The van der Waals surface area contributed by atoms with Gasteiger partial charge in [-0.2, -0.15) is 0 Å². The van der Waals surface area contributed by atoms with Gasteiger partial charge in [0.15, 0.2) is 0 Å². The molecule has 1 N–H and O–H groups in total. The largest absolute Gasteiger partial charge is 0.480 e. The van der Waals surface area contributed by atoms with Crippen LogP contribution < -0.4 is 0 Å². The van der Waals surface area contributed by atoms with Crippen molar-refractivity contribution in [1.29, 1.82) is 0 Å². The Hall–Kier alpha value is -1.36. The lowest BCUT2D eigenvalue weighted by atomic mass is 9.85. The highest BCUT2D eigenvalue weighted by Crippen LogP contribution is 2.40. The van der Waals surface area contributed by atoms with Crippen LogP contribution in [0.2, 0.25) is 0 Å². The number of hydrogen-bond donors (Lipinski definition) is 1. The number of aliphatic carboxylic acids is 1. The zero-order chi connectivity index (χ0) is 14.2. The fraction of sp³-hybridized carbons (Fsp3) is 0.615. The Morgan fingerprint density at radius 3 is 2.68 bits per heavy atom. The van der Waals surface area contributed by atoms with Gasteiger partial charge in [-0.15, -0.1) is 0 Å². The number of hydrogen-bond acceptors (Lipinski definition) is 3. The van der Waals surface area contributed by atoms with Crippen LogP contribution >= 0.6 is 11.6 Å². The van der Waals surface area contributed by atoms with Gasteiger partial charge in [0.1, 0.15) is 6.04 Å². The van der Waals surface area contributed by atoms with Crippen molar-refractivity contribution >= 4 is 29.4 Å². The molecular formula is C13H16ClNO4. The van der Waals surface area contributed by atoms with Crippen LogP contribution in [0.25, 0.3) is 0 Å². The number of allylic oxidation sites excluding steroid dienone is 2. The van der Waals surface area contributed by atoms with Gasteiger partial charge in [0.25, 0.3) is 0 Å². The second-order valence-electron chi connectivity index (χ2n) is 4.99. The minimum absolute atomic E-state index is 0.285. The summed E-state index contributed by atoms with van der Waals surface area (Å²) in [6.07, 6.45) is 3.39. The maximum absolute atomic E-state index is 12.3. The predicted molar refractivity (Wildman–Crippen MR) is 68.3 cm³/mol. The van der Waals surface area contributed by atoms with E-state index in [0.29, 0.717) is 24.3 Å². The molecule has 1 saturated heterocycles. The third-order valence-corrected chi connectivity index (χ3v) is 4.07. The number of carbonyl (C=O) groups excluding carboxylic acids is 2. The summed E-state index contributed by atoms with van der Waals surface area (Å²) in [7, 11) is 0. The zero-order valence-electron chi connectivity index (χ0n) is 10.6. The van der Waals surface area contributed by atoms with Gasteiger partial charge in [0.05, 0.1) is 11.8 Å². The van der Waals surface area contributed by atoms with Crippen molar-refractivity contribution in [2.24, 2.45) is 11.8 Å². The number of carbonyl (C=O) groups is 3. The fourth-order valence-electron chi connectivity index (χ4n) is 2.80. The van der Waals surface area contributed by atoms with E-state index in [1.54, 1.807) is 6.08 Å². The summed E-state index contributed by atoms with van der Waals surface area (Å²) in [5.74, 6) is -2.79. The van der Waals surface area contributed by atoms with E-state index in [9.17, 15) is 19.5 Å². The van der Waals surface area contributed by atoms with Crippen molar-refractivity contribution in [2.75, 3.05) is 0 Å². The van der Waals surface area contributed by atoms with Crippen molar-refractivity contribution in [2.45, 2.75) is 38.6 Å². The molecule has 1 aliphatic heterocycles. The number of rotatable bonds is 4. The van der Waals surface area contributed by atoms with Gasteiger partial charge in [-0.25, -0.2) is 4.79 Å². The molecule has 2 rings (SSSR count). The van der Waals surface area contributed by atoms with Gasteiger partial charge in [-0.1, -0.05) is 31.0 Å². The van der Waals surface area contributed by atoms with E-state index >= 15 is 0 Å². The first-order chi connectivity index (χ1) is 8.97. The average molecular weight is 286 g/mol. The standard InChI is InChI=1S/C13H16ClNO4/c1-2-3-10(13(18)19)15-11(16)8-5-4-7(14)6-9(8)12(15)17/h4,8-10H,2-3,5-6H2,1H3,(H,18,19)/t8-,9-,10-/m1/s1. The first-order valence-electron chi connectivity index (χ1n) is 6.41. The first-order valence-corrected chi connectivity index (χ1v) is 6.79. The Morgan fingerprint density at radius 2 is 2.11 bits per heavy atom. The number of carboxylic acid groups (broad SMARTS) is 1. The van der Waals surface area contributed by atoms with E-state index in [0.717, 1.165) is 4.90 Å². The maximum atomic E-state index is 12.3. The molecule has 0 aromatic heterocycles. The summed E-state index contributed by atoms with van der Waals surface area (Å²) in [5.41, 5.74) is 0. The number of imide groups is 1. The highest BCUT2D eigenvalue weighted by Gasteiger charge is 2.51. The highest BCUT2D eigenvalue weighted by molar-refractivity contribution is 6.30. The molecular weight excluding hydrogens is 270 g/mol. The molecule has 19 heavy (non-hydrogen) atoms. The molecule has 5 nitrogen and oxygen atoms in total. The van der Waals surface area contributed by atoms with E-state index in [2.05, 4.69) is 0 Å². The van der Waals surface area contributed by atoms with E-state index in [1.165, 1.54) is 0 Å². The van der Waals surface area contributed by atoms with E-state index in [1.807, 2.05) is 6.92 Å². The van der Waals surface area contributed by atoms with Crippen LogP contribution in [0.4, 0.5) is 0 Å². The molecule has 0 radical (unpaired) electrons. The summed E-state index contributed by atoms with van der Waals surface area (Å²) >= 11 is 5.91. The van der Waals surface area contributed by atoms with Crippen LogP contribution in [0.1, 0.15) is 32.6 Å². The topological polar surface area (TPSA) is 74.7 Å². The third kappa shape index (κ3) is 2.39. The Labute approximate surface area is 116 Å². The molecule has 2 amide bonds. The Kier molecular flexibility index (Phi) is 3.94. The number of amides is 2. The molecule has 1 heterocycles. The number of carboxylic acids is 1. The molecule has 0 aromatic carbocycles. The second-order valence-corrected chi connectivity index (χ2v) is 5.48. The summed E-state index contributed by atoms with van der Waals surface area (Å²) in [6, 6.07) is -1.05. The molecule has 0 saturated carbocycles. The molecule has 3 atom stereocenters. The van der Waals surface area contributed by atoms with Gasteiger partial charge < -0.3 is 5.11 Å². The highest BCUT2D eigenvalue weighted by atomic mass is 35.5. The SMILES string of the molecule is CCC[C@H](C(=O)O)N1C(=O)[C@@H]2CC=C(Cl)C[C@H]2C1=O. The van der Waals surface area contributed by atoms with Crippen molar-refractivity contribution in [3.05, 3.63) is 11.1 Å². The lowest BCUT2D eigenvalue weighted by molar-refractivity contribution is -0.155. The average Bonchev–Trinajstić information content (AvgIpc) is 2.59. The molecule has 0 unspecified atom stereocenters. The minimum atomic E-state index is -1.12. The van der Waals surface area contributed by atoms with Gasteiger partial charge in [0, 0.05) is 5.03 Å². The van der Waals surface area contributed by atoms with Crippen molar-refractivity contribution in [3.8, 4) is 0 Å². The predicted octanol–water partition coefficient (Wildman–Crippen LogP) is 1.76. The third-order valence-electron chi connectivity index (χ3n) is 3.76. The Balaban J connectivity index is 2.27. The van der Waals surface area contributed by atoms with E-state index in [4.69, 9.17) is 11.6 Å². The number of halogens is 1. The number of nitrogens with zero attached hydrogens (tertiary/aromatic N) is 1. The van der Waals surface area contributed by atoms with Crippen LogP contribution in [-0.4, -0.2) is 33.8 Å². The summed E-state index contributed by atoms with van der Waals surface area (Å²) in [4.78, 5) is 36.7. The molecule has 104 valence electrons. The Bertz CT molecular complexity index is 460. The summed E-state index contributed by atoms with van der Waals surface area (Å²) < 4.78 is 0. The molecule has 0 spiro atoms. The van der Waals surface area contributed by atoms with Crippen LogP contribution in [0.3, 0.4) is 0 Å². The van der Waals surface area contributed by atoms with Crippen LogP contribution in [0, 0.1) is 11.8 Å². The fourth-order valence-corrected chi connectivity index (χ4v) is 3.05. The molecule has 1 fully saturated rings. The summed E-state index contributed by atoms with van der Waals surface area (Å²) in [6.45, 7) is 1.83. The van der Waals surface area contributed by atoms with E-state index < -0.39 is 23.8 Å². The lowest BCUT2D eigenvalue weighted by Crippen LogP contribution is -2.45. The first kappa shape index (κ1) is 14.1. The quantitative estimate of drug-likeness (QED) is 0.799. The van der Waals surface area contributed by atoms with Crippen LogP contribution in [0.15, 0.2) is 11.1 Å².